The molecule has 2 aromatic carbocycles. The zero-order valence-electron chi connectivity index (χ0n) is 8.94. The van der Waals surface area contributed by atoms with Gasteiger partial charge in [-0.25, -0.2) is 4.39 Å². The number of nitrogens with two attached hydrogens (primary N) is 1. The van der Waals surface area contributed by atoms with E-state index < -0.39 is 0 Å². The number of anilines is 1. The quantitative estimate of drug-likeness (QED) is 0.628. The summed E-state index contributed by atoms with van der Waals surface area (Å²) in [6.07, 6.45) is 0. The average molecular weight is 227 g/mol. The van der Waals surface area contributed by atoms with E-state index in [1.54, 1.807) is 30.3 Å². The van der Waals surface area contributed by atoms with Crippen LogP contribution in [0, 0.1) is 5.82 Å². The molecule has 0 spiro atoms. The van der Waals surface area contributed by atoms with Crippen molar-refractivity contribution in [2.75, 3.05) is 5.73 Å². The summed E-state index contributed by atoms with van der Waals surface area (Å²) in [4.78, 5) is 0. The second-order valence-electron chi connectivity index (χ2n) is 3.86. The number of hydrogen-bond acceptors (Lipinski definition) is 2. The van der Waals surface area contributed by atoms with E-state index in [0.717, 1.165) is 10.9 Å². The van der Waals surface area contributed by atoms with Crippen LogP contribution in [0.5, 0.6) is 0 Å². The van der Waals surface area contributed by atoms with Gasteiger partial charge in [-0.2, -0.15) is 5.10 Å². The fourth-order valence-corrected chi connectivity index (χ4v) is 1.89. The first-order chi connectivity index (χ1) is 8.25. The van der Waals surface area contributed by atoms with Crippen molar-refractivity contribution < 1.29 is 4.39 Å². The summed E-state index contributed by atoms with van der Waals surface area (Å²) in [6.45, 7) is 0. The first-order valence-corrected chi connectivity index (χ1v) is 5.24. The molecule has 84 valence electrons. The molecule has 0 saturated carbocycles. The van der Waals surface area contributed by atoms with Crippen LogP contribution >= 0.6 is 0 Å². The predicted octanol–water partition coefficient (Wildman–Crippen LogP) is 2.95. The maximum absolute atomic E-state index is 13.7. The minimum Gasteiger partial charge on any atom is -0.399 e. The summed E-state index contributed by atoms with van der Waals surface area (Å²) in [6, 6.07) is 12.0. The lowest BCUT2D eigenvalue weighted by Crippen LogP contribution is -1.86. The molecule has 0 aliphatic carbocycles. The Balaban J connectivity index is 2.31. The van der Waals surface area contributed by atoms with Gasteiger partial charge in [-0.15, -0.1) is 0 Å². The van der Waals surface area contributed by atoms with E-state index in [0.29, 0.717) is 16.9 Å². The topological polar surface area (TPSA) is 54.7 Å². The normalized spacial score (nSPS) is 10.9. The van der Waals surface area contributed by atoms with Gasteiger partial charge >= 0.3 is 0 Å². The van der Waals surface area contributed by atoms with E-state index in [4.69, 9.17) is 5.73 Å². The highest BCUT2D eigenvalue weighted by atomic mass is 19.1. The molecule has 1 aromatic heterocycles. The number of halogens is 1. The first-order valence-electron chi connectivity index (χ1n) is 5.24. The molecule has 0 radical (unpaired) electrons. The van der Waals surface area contributed by atoms with Gasteiger partial charge in [0.25, 0.3) is 0 Å². The highest BCUT2D eigenvalue weighted by Gasteiger charge is 2.11. The fraction of sp³-hybridized carbons (Fsp3) is 0. The van der Waals surface area contributed by atoms with Crippen LogP contribution in [-0.2, 0) is 0 Å². The number of fused-ring (bicyclic) bond motifs is 1. The van der Waals surface area contributed by atoms with Crippen LogP contribution in [-0.4, -0.2) is 10.2 Å². The molecular formula is C13H10FN3. The Hall–Kier alpha value is -2.36. The van der Waals surface area contributed by atoms with Gasteiger partial charge in [0.2, 0.25) is 0 Å². The zero-order valence-corrected chi connectivity index (χ0v) is 8.94. The van der Waals surface area contributed by atoms with Crippen LogP contribution in [0.2, 0.25) is 0 Å². The number of H-pyrrole nitrogens is 1. The minimum atomic E-state index is -0.289. The second-order valence-corrected chi connectivity index (χ2v) is 3.86. The second kappa shape index (κ2) is 3.59. The van der Waals surface area contributed by atoms with Crippen LogP contribution in [0.4, 0.5) is 10.1 Å². The maximum atomic E-state index is 13.7. The molecule has 3 nitrogen and oxygen atoms in total. The lowest BCUT2D eigenvalue weighted by Gasteiger charge is -2.00. The standard InChI is InChI=1S/C13H10FN3/c14-11-4-2-1-3-9(11)13-10-7-8(15)5-6-12(10)16-17-13/h1-7H,15H2,(H,16,17). The zero-order chi connectivity index (χ0) is 11.8. The Morgan fingerprint density at radius 1 is 1.12 bits per heavy atom. The molecule has 17 heavy (non-hydrogen) atoms. The van der Waals surface area contributed by atoms with Gasteiger partial charge in [-0.1, -0.05) is 12.1 Å². The largest absolute Gasteiger partial charge is 0.399 e. The minimum absolute atomic E-state index is 0.289. The van der Waals surface area contributed by atoms with E-state index in [2.05, 4.69) is 10.2 Å². The van der Waals surface area contributed by atoms with Gasteiger partial charge in [0.15, 0.2) is 0 Å². The van der Waals surface area contributed by atoms with Crippen molar-refractivity contribution in [1.29, 1.82) is 0 Å². The lowest BCUT2D eigenvalue weighted by atomic mass is 10.1. The van der Waals surface area contributed by atoms with Gasteiger partial charge in [-0.3, -0.25) is 5.10 Å². The molecule has 0 amide bonds. The van der Waals surface area contributed by atoms with Gasteiger partial charge in [0, 0.05) is 16.6 Å². The van der Waals surface area contributed by atoms with Crippen molar-refractivity contribution in [2.45, 2.75) is 0 Å². The van der Waals surface area contributed by atoms with Crippen molar-refractivity contribution in [1.82, 2.24) is 10.2 Å². The van der Waals surface area contributed by atoms with Gasteiger partial charge < -0.3 is 5.73 Å². The molecule has 0 bridgehead atoms. The summed E-state index contributed by atoms with van der Waals surface area (Å²) < 4.78 is 13.7. The van der Waals surface area contributed by atoms with E-state index in [-0.39, 0.29) is 5.82 Å². The fourth-order valence-electron chi connectivity index (χ4n) is 1.89. The van der Waals surface area contributed by atoms with E-state index in [1.807, 2.05) is 6.07 Å². The Morgan fingerprint density at radius 3 is 2.76 bits per heavy atom. The SMILES string of the molecule is Nc1ccc2[nH]nc(-c3ccccc3F)c2c1. The summed E-state index contributed by atoms with van der Waals surface area (Å²) in [7, 11) is 0. The number of nitrogens with one attached hydrogen (secondary N) is 1. The lowest BCUT2D eigenvalue weighted by molar-refractivity contribution is 0.631. The van der Waals surface area contributed by atoms with Crippen molar-refractivity contribution in [3.8, 4) is 11.3 Å². The smallest absolute Gasteiger partial charge is 0.132 e. The molecule has 0 saturated heterocycles. The van der Waals surface area contributed by atoms with E-state index in [1.165, 1.54) is 6.07 Å². The molecule has 0 unspecified atom stereocenters. The summed E-state index contributed by atoms with van der Waals surface area (Å²) in [5.41, 5.74) is 8.28. The molecule has 0 atom stereocenters. The van der Waals surface area contributed by atoms with Crippen LogP contribution in [0.25, 0.3) is 22.2 Å². The van der Waals surface area contributed by atoms with Gasteiger partial charge in [0.05, 0.1) is 5.52 Å². The number of benzene rings is 2. The van der Waals surface area contributed by atoms with Crippen molar-refractivity contribution in [3.63, 3.8) is 0 Å². The highest BCUT2D eigenvalue weighted by molar-refractivity contribution is 5.94. The number of nitrogen functional groups attached to an aromatic ring is 1. The Kier molecular flexibility index (Phi) is 2.08. The van der Waals surface area contributed by atoms with Crippen molar-refractivity contribution in [3.05, 3.63) is 48.3 Å². The molecule has 1 heterocycles. The van der Waals surface area contributed by atoms with E-state index >= 15 is 0 Å². The molecule has 0 aliphatic rings. The maximum Gasteiger partial charge on any atom is 0.132 e. The van der Waals surface area contributed by atoms with E-state index in [9.17, 15) is 4.39 Å². The third kappa shape index (κ3) is 1.54. The van der Waals surface area contributed by atoms with Crippen molar-refractivity contribution in [2.24, 2.45) is 0 Å². The molecule has 3 rings (SSSR count). The van der Waals surface area contributed by atoms with Crippen LogP contribution in [0.3, 0.4) is 0 Å². The first kappa shape index (κ1) is 9.84. The average Bonchev–Trinajstić information content (AvgIpc) is 2.72. The summed E-state index contributed by atoms with van der Waals surface area (Å²) in [5.74, 6) is -0.289. The summed E-state index contributed by atoms with van der Waals surface area (Å²) >= 11 is 0. The molecular weight excluding hydrogens is 217 g/mol. The third-order valence-corrected chi connectivity index (χ3v) is 2.72. The number of nitrogens with zero attached hydrogens (tertiary/aromatic N) is 1. The Bertz CT molecular complexity index is 688. The molecule has 3 N–H and O–H groups in total. The molecule has 3 aromatic rings. The number of aromatic nitrogens is 2. The van der Waals surface area contributed by atoms with Crippen LogP contribution < -0.4 is 5.73 Å². The van der Waals surface area contributed by atoms with Gasteiger partial charge in [0.1, 0.15) is 11.5 Å². The molecule has 0 fully saturated rings. The highest BCUT2D eigenvalue weighted by Crippen LogP contribution is 2.29. The predicted molar refractivity (Wildman–Crippen MR) is 65.9 cm³/mol. The van der Waals surface area contributed by atoms with Gasteiger partial charge in [-0.05, 0) is 30.3 Å². The third-order valence-electron chi connectivity index (χ3n) is 2.72. The molecule has 0 aliphatic heterocycles. The molecule has 4 heteroatoms. The Labute approximate surface area is 97.1 Å². The Morgan fingerprint density at radius 2 is 1.94 bits per heavy atom. The number of rotatable bonds is 1. The number of aromatic amines is 1. The monoisotopic (exact) mass is 227 g/mol. The van der Waals surface area contributed by atoms with Crippen LogP contribution in [0.15, 0.2) is 42.5 Å². The summed E-state index contributed by atoms with van der Waals surface area (Å²) in [5, 5.41) is 7.84. The number of hydrogen-bond donors (Lipinski definition) is 2. The van der Waals surface area contributed by atoms with Crippen molar-refractivity contribution >= 4 is 16.6 Å². The van der Waals surface area contributed by atoms with Crippen LogP contribution in [0.1, 0.15) is 0 Å².